The number of thioether (sulfide) groups is 1. The molecule has 1 saturated heterocycles. The molecule has 4 rings (SSSR count). The Labute approximate surface area is 194 Å². The summed E-state index contributed by atoms with van der Waals surface area (Å²) in [5.41, 5.74) is 2.26. The molecular weight excluding hydrogens is 442 g/mol. The van der Waals surface area contributed by atoms with Crippen LogP contribution < -0.4 is 14.8 Å². The summed E-state index contributed by atoms with van der Waals surface area (Å²) in [6.45, 7) is 0.238. The molecule has 0 aliphatic carbocycles. The van der Waals surface area contributed by atoms with Crippen LogP contribution in [-0.4, -0.2) is 23.1 Å². The maximum absolute atomic E-state index is 12.5. The Balaban J connectivity index is 1.48. The number of ether oxygens (including phenoxy) is 2. The quantitative estimate of drug-likeness (QED) is 0.299. The van der Waals surface area contributed by atoms with Crippen molar-refractivity contribution in [2.75, 3.05) is 7.11 Å². The highest BCUT2D eigenvalue weighted by molar-refractivity contribution is 8.18. The second-order valence-electron chi connectivity index (χ2n) is 6.93. The van der Waals surface area contributed by atoms with Crippen molar-refractivity contribution in [3.05, 3.63) is 98.9 Å². The lowest BCUT2D eigenvalue weighted by atomic mass is 10.1. The molecule has 166 valence electrons. The van der Waals surface area contributed by atoms with E-state index in [1.54, 1.807) is 37.5 Å². The number of amidine groups is 1. The van der Waals surface area contributed by atoms with Crippen LogP contribution in [0.2, 0.25) is 0 Å². The fourth-order valence-electron chi connectivity index (χ4n) is 3.00. The van der Waals surface area contributed by atoms with Crippen LogP contribution in [0.4, 0.5) is 11.4 Å². The number of amides is 1. The summed E-state index contributed by atoms with van der Waals surface area (Å²) < 4.78 is 11.1. The van der Waals surface area contributed by atoms with Crippen molar-refractivity contribution in [1.29, 1.82) is 0 Å². The van der Waals surface area contributed by atoms with Crippen molar-refractivity contribution >= 4 is 40.3 Å². The summed E-state index contributed by atoms with van der Waals surface area (Å²) in [5.74, 6) is 1.09. The van der Waals surface area contributed by atoms with Gasteiger partial charge in [-0.2, -0.15) is 0 Å². The first-order valence-corrected chi connectivity index (χ1v) is 10.7. The first-order chi connectivity index (χ1) is 16.0. The van der Waals surface area contributed by atoms with Crippen molar-refractivity contribution in [1.82, 2.24) is 5.32 Å². The van der Waals surface area contributed by atoms with Gasteiger partial charge in [-0.25, -0.2) is 4.99 Å². The molecule has 3 aromatic rings. The number of aliphatic imine (C=N–C) groups is 1. The van der Waals surface area contributed by atoms with Crippen LogP contribution in [0, 0.1) is 10.1 Å². The third-order valence-corrected chi connectivity index (χ3v) is 5.61. The molecular formula is C24H19N3O5S. The number of nitrogens with zero attached hydrogens (tertiary/aromatic N) is 2. The Morgan fingerprint density at radius 2 is 1.79 bits per heavy atom. The molecule has 9 heteroatoms. The van der Waals surface area contributed by atoms with E-state index in [2.05, 4.69) is 10.3 Å². The number of nitro benzene ring substituents is 1. The van der Waals surface area contributed by atoms with E-state index in [9.17, 15) is 14.9 Å². The van der Waals surface area contributed by atoms with E-state index in [0.717, 1.165) is 16.9 Å². The van der Waals surface area contributed by atoms with Crippen LogP contribution >= 0.6 is 11.8 Å². The van der Waals surface area contributed by atoms with E-state index in [-0.39, 0.29) is 18.2 Å². The zero-order valence-electron chi connectivity index (χ0n) is 17.6. The number of carbonyl (C=O) groups excluding carboxylic acids is 1. The molecule has 1 N–H and O–H groups in total. The molecule has 0 unspecified atom stereocenters. The van der Waals surface area contributed by atoms with Crippen LogP contribution in [-0.2, 0) is 11.4 Å². The highest BCUT2D eigenvalue weighted by atomic mass is 32.2. The van der Waals surface area contributed by atoms with Gasteiger partial charge in [-0.3, -0.25) is 14.9 Å². The van der Waals surface area contributed by atoms with Gasteiger partial charge in [0, 0.05) is 17.7 Å². The predicted molar refractivity (Wildman–Crippen MR) is 128 cm³/mol. The minimum atomic E-state index is -0.442. The third kappa shape index (κ3) is 5.58. The van der Waals surface area contributed by atoms with Gasteiger partial charge in [0.05, 0.1) is 22.6 Å². The van der Waals surface area contributed by atoms with Crippen molar-refractivity contribution < 1.29 is 19.2 Å². The monoisotopic (exact) mass is 461 g/mol. The molecule has 0 radical (unpaired) electrons. The van der Waals surface area contributed by atoms with Crippen LogP contribution in [0.5, 0.6) is 11.5 Å². The van der Waals surface area contributed by atoms with E-state index < -0.39 is 4.92 Å². The number of carbonyl (C=O) groups is 1. The van der Waals surface area contributed by atoms with Crippen molar-refractivity contribution in [2.45, 2.75) is 6.61 Å². The standard InChI is InChI=1S/C24H19N3O5S/c1-31-20-12-8-18(9-13-20)25-24-26-23(28)22(33-24)14-17-4-2-3-5-21(17)32-15-16-6-10-19(11-7-16)27(29)30/h2-14H,15H2,1H3,(H,25,26,28)/b22-14+. The number of hydrogen-bond acceptors (Lipinski definition) is 7. The van der Waals surface area contributed by atoms with Crippen molar-refractivity contribution in [3.63, 3.8) is 0 Å². The molecule has 33 heavy (non-hydrogen) atoms. The highest BCUT2D eigenvalue weighted by Crippen LogP contribution is 2.31. The van der Waals surface area contributed by atoms with Gasteiger partial charge in [0.15, 0.2) is 5.17 Å². The van der Waals surface area contributed by atoms with Gasteiger partial charge in [0.25, 0.3) is 11.6 Å². The van der Waals surface area contributed by atoms with Gasteiger partial charge in [-0.15, -0.1) is 0 Å². The average molecular weight is 461 g/mol. The molecule has 0 bridgehead atoms. The van der Waals surface area contributed by atoms with Crippen molar-refractivity contribution in [3.8, 4) is 11.5 Å². The molecule has 8 nitrogen and oxygen atoms in total. The smallest absolute Gasteiger partial charge is 0.269 e. The second kappa shape index (κ2) is 10.0. The molecule has 0 saturated carbocycles. The predicted octanol–water partition coefficient (Wildman–Crippen LogP) is 5.07. The maximum atomic E-state index is 12.5. The lowest BCUT2D eigenvalue weighted by Gasteiger charge is -2.09. The Morgan fingerprint density at radius 1 is 1.06 bits per heavy atom. The third-order valence-electron chi connectivity index (χ3n) is 4.70. The fourth-order valence-corrected chi connectivity index (χ4v) is 3.83. The lowest BCUT2D eigenvalue weighted by molar-refractivity contribution is -0.384. The van der Waals surface area contributed by atoms with Gasteiger partial charge in [0.2, 0.25) is 0 Å². The number of non-ortho nitro benzene ring substituents is 1. The molecule has 3 aromatic carbocycles. The normalized spacial score (nSPS) is 15.5. The van der Waals surface area contributed by atoms with E-state index in [1.807, 2.05) is 36.4 Å². The summed E-state index contributed by atoms with van der Waals surface area (Å²) in [6.07, 6.45) is 1.75. The van der Waals surface area contributed by atoms with Gasteiger partial charge in [-0.1, -0.05) is 18.2 Å². The minimum absolute atomic E-state index is 0.0280. The summed E-state index contributed by atoms with van der Waals surface area (Å²) in [7, 11) is 1.60. The number of para-hydroxylation sites is 1. The Kier molecular flexibility index (Phi) is 6.70. The van der Waals surface area contributed by atoms with Gasteiger partial charge in [0.1, 0.15) is 18.1 Å². The Hall–Kier alpha value is -4.11. The molecule has 1 aliphatic rings. The first kappa shape index (κ1) is 22.1. The summed E-state index contributed by atoms with van der Waals surface area (Å²) in [6, 6.07) is 20.8. The Morgan fingerprint density at radius 3 is 2.48 bits per heavy atom. The van der Waals surface area contributed by atoms with Crippen LogP contribution in [0.3, 0.4) is 0 Å². The van der Waals surface area contributed by atoms with Crippen LogP contribution in [0.15, 0.2) is 82.7 Å². The molecule has 1 fully saturated rings. The molecule has 1 heterocycles. The van der Waals surface area contributed by atoms with E-state index in [4.69, 9.17) is 9.47 Å². The fraction of sp³-hybridized carbons (Fsp3) is 0.0833. The average Bonchev–Trinajstić information content (AvgIpc) is 3.17. The number of hydrogen-bond donors (Lipinski definition) is 1. The van der Waals surface area contributed by atoms with E-state index in [1.165, 1.54) is 23.9 Å². The zero-order valence-corrected chi connectivity index (χ0v) is 18.4. The zero-order chi connectivity index (χ0) is 23.2. The minimum Gasteiger partial charge on any atom is -0.497 e. The first-order valence-electron chi connectivity index (χ1n) is 9.90. The van der Waals surface area contributed by atoms with E-state index >= 15 is 0 Å². The number of rotatable bonds is 7. The lowest BCUT2D eigenvalue weighted by Crippen LogP contribution is -2.19. The van der Waals surface area contributed by atoms with Crippen LogP contribution in [0.1, 0.15) is 11.1 Å². The maximum Gasteiger partial charge on any atom is 0.269 e. The number of methoxy groups -OCH3 is 1. The number of nitrogens with one attached hydrogen (secondary N) is 1. The van der Waals surface area contributed by atoms with Gasteiger partial charge < -0.3 is 14.8 Å². The summed E-state index contributed by atoms with van der Waals surface area (Å²) in [5, 5.41) is 14.1. The molecule has 1 aliphatic heterocycles. The van der Waals surface area contributed by atoms with E-state index in [0.29, 0.717) is 21.5 Å². The van der Waals surface area contributed by atoms with Gasteiger partial charge in [-0.05, 0) is 65.9 Å². The summed E-state index contributed by atoms with van der Waals surface area (Å²) >= 11 is 1.25. The molecule has 0 spiro atoms. The highest BCUT2D eigenvalue weighted by Gasteiger charge is 2.24. The van der Waals surface area contributed by atoms with Crippen LogP contribution in [0.25, 0.3) is 6.08 Å². The Bertz CT molecular complexity index is 1240. The number of benzene rings is 3. The molecule has 0 atom stereocenters. The number of nitro groups is 1. The topological polar surface area (TPSA) is 103 Å². The largest absolute Gasteiger partial charge is 0.497 e. The second-order valence-corrected chi connectivity index (χ2v) is 7.96. The molecule has 1 amide bonds. The summed E-state index contributed by atoms with van der Waals surface area (Å²) in [4.78, 5) is 27.8. The molecule has 0 aromatic heterocycles. The SMILES string of the molecule is COc1ccc(N=C2NC(=O)/C(=C\c3ccccc3OCc3ccc([N+](=O)[O-])cc3)S2)cc1. The van der Waals surface area contributed by atoms with Gasteiger partial charge >= 0.3 is 0 Å². The van der Waals surface area contributed by atoms with Crippen molar-refractivity contribution in [2.24, 2.45) is 4.99 Å².